The highest BCUT2D eigenvalue weighted by Gasteiger charge is 2.27. The van der Waals surface area contributed by atoms with Crippen LogP contribution in [0.25, 0.3) is 16.6 Å². The Kier molecular flexibility index (Phi) is 9.42. The van der Waals surface area contributed by atoms with E-state index in [-0.39, 0.29) is 22.9 Å². The van der Waals surface area contributed by atoms with Gasteiger partial charge < -0.3 is 35.3 Å². The minimum absolute atomic E-state index is 0.0184. The van der Waals surface area contributed by atoms with Gasteiger partial charge in [-0.3, -0.25) is 15.0 Å². The molecule has 0 bridgehead atoms. The molecule has 12 nitrogen and oxygen atoms in total. The Morgan fingerprint density at radius 3 is 2.64 bits per heavy atom. The molecule has 0 aliphatic carbocycles. The first-order valence-electron chi connectivity index (χ1n) is 13.6. The summed E-state index contributed by atoms with van der Waals surface area (Å²) in [7, 11) is 0.230. The molecule has 1 aliphatic heterocycles. The van der Waals surface area contributed by atoms with Crippen LogP contribution in [0.5, 0.6) is 5.75 Å². The second kappa shape index (κ2) is 13.2. The van der Waals surface area contributed by atoms with Crippen molar-refractivity contribution in [2.24, 2.45) is 10.7 Å². The number of anilines is 5. The lowest BCUT2D eigenvalue weighted by Gasteiger charge is -2.32. The summed E-state index contributed by atoms with van der Waals surface area (Å²) in [6.07, 6.45) is 7.49. The first-order chi connectivity index (χ1) is 21.2. The van der Waals surface area contributed by atoms with Crippen LogP contribution < -0.4 is 31.3 Å². The number of nitrogens with two attached hydrogens (primary N) is 1. The average molecular weight is 685 g/mol. The number of nitrogens with one attached hydrogen (secondary N) is 2. The Labute approximate surface area is 262 Å². The molecule has 0 amide bonds. The van der Waals surface area contributed by atoms with Crippen LogP contribution in [0.2, 0.25) is 0 Å². The van der Waals surface area contributed by atoms with Gasteiger partial charge in [0.25, 0.3) is 0 Å². The normalized spacial score (nSPS) is 14.3. The number of halogens is 2. The summed E-state index contributed by atoms with van der Waals surface area (Å²) in [5.74, 6) is 0.0630. The maximum atomic E-state index is 16.6. The van der Waals surface area contributed by atoms with Crippen LogP contribution in [0.15, 0.2) is 52.5 Å². The third-order valence-corrected chi connectivity index (χ3v) is 9.01. The second-order valence-corrected chi connectivity index (χ2v) is 14.2. The van der Waals surface area contributed by atoms with Crippen LogP contribution in [-0.2, 0) is 9.30 Å². The second-order valence-electron chi connectivity index (χ2n) is 10.1. The molecule has 4 N–H and O–H groups in total. The lowest BCUT2D eigenvalue weighted by molar-refractivity contribution is 0.122. The number of hydrogen-bond acceptors (Lipinski definition) is 12. The molecule has 0 radical (unpaired) electrons. The topological polar surface area (TPSA) is 153 Å². The Hall–Kier alpha value is -4.13. The number of aliphatic imine (C=N–C) groups is 1. The van der Waals surface area contributed by atoms with Crippen LogP contribution in [0.3, 0.4) is 0 Å². The minimum atomic E-state index is -2.82. The third kappa shape index (κ3) is 6.37. The number of aromatic nitrogens is 4. The number of allylic oxidation sites excluding steroid dienone is 1. The van der Waals surface area contributed by atoms with Crippen molar-refractivity contribution < 1.29 is 18.4 Å². The summed E-state index contributed by atoms with van der Waals surface area (Å²) in [4.78, 5) is 23.8. The molecule has 2 aromatic heterocycles. The maximum Gasteiger partial charge on any atom is 0.229 e. The molecule has 230 valence electrons. The zero-order valence-electron chi connectivity index (χ0n) is 24.6. The molecule has 4 aromatic rings. The third-order valence-electron chi connectivity index (χ3n) is 6.90. The number of fused-ring (bicyclic) bond motifs is 1. The highest BCUT2D eigenvalue weighted by atomic mass is 79.9. The van der Waals surface area contributed by atoms with Crippen molar-refractivity contribution in [3.05, 3.63) is 58.8 Å². The van der Waals surface area contributed by atoms with Gasteiger partial charge in [0.2, 0.25) is 5.95 Å². The Morgan fingerprint density at radius 2 is 1.95 bits per heavy atom. The van der Waals surface area contributed by atoms with E-state index in [4.69, 9.17) is 15.2 Å². The minimum Gasteiger partial charge on any atom is -0.494 e. The number of rotatable bonds is 9. The van der Waals surface area contributed by atoms with Crippen LogP contribution in [0.1, 0.15) is 5.56 Å². The van der Waals surface area contributed by atoms with E-state index in [0.29, 0.717) is 69.9 Å². The molecule has 2 aromatic carbocycles. The van der Waals surface area contributed by atoms with E-state index in [1.165, 1.54) is 25.7 Å². The number of hydrogen-bond donors (Lipinski definition) is 3. The van der Waals surface area contributed by atoms with E-state index in [1.807, 2.05) is 4.90 Å². The van der Waals surface area contributed by atoms with Crippen molar-refractivity contribution in [2.75, 3.05) is 69.3 Å². The maximum absolute atomic E-state index is 16.6. The highest BCUT2D eigenvalue weighted by Crippen LogP contribution is 2.43. The molecule has 1 saturated heterocycles. The fraction of sp³-hybridized carbons (Fsp3) is 0.276. The molecule has 3 heterocycles. The van der Waals surface area contributed by atoms with Gasteiger partial charge in [0.1, 0.15) is 29.9 Å². The zero-order chi connectivity index (χ0) is 31.4. The largest absolute Gasteiger partial charge is 0.494 e. The molecule has 0 unspecified atom stereocenters. The monoisotopic (exact) mass is 683 g/mol. The van der Waals surface area contributed by atoms with Gasteiger partial charge in [-0.2, -0.15) is 4.98 Å². The first-order valence-corrected chi connectivity index (χ1v) is 17.0. The molecular formula is C29H32BrFN9O3P. The highest BCUT2D eigenvalue weighted by molar-refractivity contribution is 9.10. The van der Waals surface area contributed by atoms with Crippen molar-refractivity contribution in [3.8, 4) is 5.75 Å². The van der Waals surface area contributed by atoms with Crippen molar-refractivity contribution in [1.29, 1.82) is 0 Å². The fourth-order valence-electron chi connectivity index (χ4n) is 4.97. The van der Waals surface area contributed by atoms with Crippen LogP contribution in [0, 0.1) is 5.82 Å². The summed E-state index contributed by atoms with van der Waals surface area (Å²) in [5, 5.41) is 6.79. The summed E-state index contributed by atoms with van der Waals surface area (Å²) in [6, 6.07) is 5.32. The van der Waals surface area contributed by atoms with Gasteiger partial charge in [-0.1, -0.05) is 0 Å². The molecule has 1 fully saturated rings. The van der Waals surface area contributed by atoms with Gasteiger partial charge in [-0.05, 0) is 41.4 Å². The van der Waals surface area contributed by atoms with Crippen molar-refractivity contribution in [2.45, 2.75) is 0 Å². The van der Waals surface area contributed by atoms with Crippen molar-refractivity contribution >= 4 is 80.0 Å². The molecule has 44 heavy (non-hydrogen) atoms. The molecule has 0 atom stereocenters. The predicted molar refractivity (Wildman–Crippen MR) is 177 cm³/mol. The van der Waals surface area contributed by atoms with Gasteiger partial charge in [0.05, 0.1) is 47.0 Å². The number of nitrogens with zero attached hydrogens (tertiary/aromatic N) is 6. The predicted octanol–water partition coefficient (Wildman–Crippen LogP) is 4.90. The van der Waals surface area contributed by atoms with E-state index in [9.17, 15) is 4.57 Å². The molecule has 0 spiro atoms. The quantitative estimate of drug-likeness (QED) is 0.163. The van der Waals surface area contributed by atoms with Gasteiger partial charge in [0, 0.05) is 68.3 Å². The number of benzene rings is 2. The lowest BCUT2D eigenvalue weighted by Crippen LogP contribution is -2.37. The lowest BCUT2D eigenvalue weighted by atomic mass is 10.0. The van der Waals surface area contributed by atoms with Gasteiger partial charge in [-0.25, -0.2) is 9.37 Å². The smallest absolute Gasteiger partial charge is 0.229 e. The van der Waals surface area contributed by atoms with Crippen molar-refractivity contribution in [3.63, 3.8) is 0 Å². The SMILES string of the molecule is CN=CC(=CN)c1c(N2CCOCC2)cc(OC)c(Nc2ncc(Br)c(Nc3ccc4nccnc4c3P(C)(C)=O)n2)c1F. The van der Waals surface area contributed by atoms with Crippen LogP contribution >= 0.6 is 23.1 Å². The van der Waals surface area contributed by atoms with Crippen LogP contribution in [0.4, 0.5) is 33.2 Å². The average Bonchev–Trinajstić information content (AvgIpc) is 3.02. The standard InChI is InChI=1S/C29H32BrFN9O3P/c1-33-15-17(14-32)23-21(40-9-11-43-12-10-40)13-22(42-2)26(24(23)31)38-29-36-16-18(30)28(39-29)37-20-6-5-19-25(35-8-7-34-19)27(20)44(3,4)41/h5-8,13-16H,9-12,32H2,1-4H3,(H2,36,37,38,39). The van der Waals surface area contributed by atoms with Crippen LogP contribution in [-0.4, -0.2) is 79.9 Å². The van der Waals surface area contributed by atoms with E-state index in [0.717, 1.165) is 0 Å². The Balaban J connectivity index is 1.58. The Morgan fingerprint density at radius 1 is 1.20 bits per heavy atom. The van der Waals surface area contributed by atoms with E-state index >= 15 is 4.39 Å². The number of methoxy groups -OCH3 is 1. The van der Waals surface area contributed by atoms with E-state index in [1.54, 1.807) is 51.0 Å². The van der Waals surface area contributed by atoms with Gasteiger partial charge in [-0.15, -0.1) is 0 Å². The summed E-state index contributed by atoms with van der Waals surface area (Å²) >= 11 is 3.49. The van der Waals surface area contributed by atoms with E-state index < -0.39 is 13.0 Å². The first kappa shape index (κ1) is 31.3. The van der Waals surface area contributed by atoms with Crippen molar-refractivity contribution in [1.82, 2.24) is 19.9 Å². The molecule has 15 heteroatoms. The molecule has 1 aliphatic rings. The zero-order valence-corrected chi connectivity index (χ0v) is 27.1. The van der Waals surface area contributed by atoms with Gasteiger partial charge >= 0.3 is 0 Å². The fourth-order valence-corrected chi connectivity index (χ4v) is 6.66. The molecule has 0 saturated carbocycles. The molecule has 5 rings (SSSR count). The summed E-state index contributed by atoms with van der Waals surface area (Å²) in [6.45, 7) is 5.49. The van der Waals surface area contributed by atoms with Gasteiger partial charge in [0.15, 0.2) is 5.82 Å². The Bertz CT molecular complexity index is 1810. The number of morpholine rings is 1. The summed E-state index contributed by atoms with van der Waals surface area (Å²) in [5.41, 5.74) is 8.91. The molecular weight excluding hydrogens is 652 g/mol. The number of ether oxygens (including phenoxy) is 2. The summed E-state index contributed by atoms with van der Waals surface area (Å²) < 4.78 is 41.6. The van der Waals surface area contributed by atoms with E-state index in [2.05, 4.69) is 51.5 Å².